The van der Waals surface area contributed by atoms with E-state index >= 15 is 0 Å². The molecular formula is C13H17FN2O2. The molecule has 3 N–H and O–H groups in total. The molecular weight excluding hydrogens is 235 g/mol. The number of benzene rings is 1. The van der Waals surface area contributed by atoms with Gasteiger partial charge in [0.25, 0.3) is 0 Å². The highest BCUT2D eigenvalue weighted by atomic mass is 19.1. The maximum Gasteiger partial charge on any atom is 0.220 e. The highest BCUT2D eigenvalue weighted by Crippen LogP contribution is 2.13. The first-order valence-corrected chi connectivity index (χ1v) is 6.09. The van der Waals surface area contributed by atoms with Crippen LogP contribution in [0.2, 0.25) is 0 Å². The lowest BCUT2D eigenvalue weighted by molar-refractivity contribution is -0.122. The topological polar surface area (TPSA) is 61.4 Å². The van der Waals surface area contributed by atoms with Crippen molar-refractivity contribution in [3.63, 3.8) is 0 Å². The summed E-state index contributed by atoms with van der Waals surface area (Å²) < 4.78 is 13.0. The van der Waals surface area contributed by atoms with Gasteiger partial charge < -0.3 is 15.7 Å². The van der Waals surface area contributed by atoms with Crippen LogP contribution in [0, 0.1) is 5.82 Å². The summed E-state index contributed by atoms with van der Waals surface area (Å²) in [7, 11) is 0. The fourth-order valence-electron chi connectivity index (χ4n) is 2.02. The van der Waals surface area contributed by atoms with Crippen LogP contribution < -0.4 is 10.6 Å². The zero-order valence-corrected chi connectivity index (χ0v) is 10.0. The quantitative estimate of drug-likeness (QED) is 0.740. The number of aliphatic hydroxyl groups excluding tert-OH is 1. The summed E-state index contributed by atoms with van der Waals surface area (Å²) in [5, 5.41) is 15.8. The molecule has 1 aliphatic heterocycles. The number of halogens is 1. The molecule has 0 aliphatic carbocycles. The van der Waals surface area contributed by atoms with Gasteiger partial charge in [0.05, 0.1) is 6.10 Å². The van der Waals surface area contributed by atoms with E-state index in [4.69, 9.17) is 0 Å². The molecule has 4 nitrogen and oxygen atoms in total. The number of nitrogens with one attached hydrogen (secondary N) is 2. The predicted octanol–water partition coefficient (Wildman–Crippen LogP) is 0.727. The molecule has 1 heterocycles. The van der Waals surface area contributed by atoms with Crippen LogP contribution >= 0.6 is 0 Å². The van der Waals surface area contributed by atoms with Crippen molar-refractivity contribution in [3.05, 3.63) is 35.6 Å². The first kappa shape index (κ1) is 13.0. The Kier molecular flexibility index (Phi) is 4.28. The number of hydrogen-bond donors (Lipinski definition) is 3. The second-order valence-electron chi connectivity index (χ2n) is 4.52. The normalized spacial score (nSPS) is 21.4. The fourth-order valence-corrected chi connectivity index (χ4v) is 2.02. The summed E-state index contributed by atoms with van der Waals surface area (Å²) in [5.41, 5.74) is 0.558. The van der Waals surface area contributed by atoms with Gasteiger partial charge in [-0.1, -0.05) is 12.1 Å². The van der Waals surface area contributed by atoms with E-state index in [0.717, 1.165) is 6.42 Å². The van der Waals surface area contributed by atoms with Gasteiger partial charge in [-0.25, -0.2) is 4.39 Å². The van der Waals surface area contributed by atoms with E-state index in [0.29, 0.717) is 25.1 Å². The van der Waals surface area contributed by atoms with Crippen LogP contribution in [0.4, 0.5) is 4.39 Å². The van der Waals surface area contributed by atoms with Crippen molar-refractivity contribution in [1.29, 1.82) is 0 Å². The Morgan fingerprint density at radius 1 is 1.56 bits per heavy atom. The van der Waals surface area contributed by atoms with Gasteiger partial charge in [-0.05, 0) is 24.1 Å². The number of carbonyl (C=O) groups is 1. The van der Waals surface area contributed by atoms with Crippen LogP contribution in [-0.2, 0) is 4.79 Å². The van der Waals surface area contributed by atoms with Gasteiger partial charge in [-0.3, -0.25) is 4.79 Å². The van der Waals surface area contributed by atoms with Crippen LogP contribution in [0.15, 0.2) is 24.3 Å². The molecule has 5 heteroatoms. The van der Waals surface area contributed by atoms with E-state index in [9.17, 15) is 14.3 Å². The Balaban J connectivity index is 1.81. The lowest BCUT2D eigenvalue weighted by Gasteiger charge is -2.24. The molecule has 0 spiro atoms. The van der Waals surface area contributed by atoms with Crippen molar-refractivity contribution in [2.75, 3.05) is 13.1 Å². The zero-order valence-electron chi connectivity index (χ0n) is 10.0. The highest BCUT2D eigenvalue weighted by molar-refractivity contribution is 5.76. The first-order valence-electron chi connectivity index (χ1n) is 6.09. The minimum atomic E-state index is -0.738. The minimum Gasteiger partial charge on any atom is -0.387 e. The molecule has 2 unspecified atom stereocenters. The molecule has 0 bridgehead atoms. The second kappa shape index (κ2) is 5.93. The third kappa shape index (κ3) is 3.51. The Morgan fingerprint density at radius 2 is 2.39 bits per heavy atom. The van der Waals surface area contributed by atoms with Crippen molar-refractivity contribution in [2.24, 2.45) is 0 Å². The van der Waals surface area contributed by atoms with E-state index in [1.54, 1.807) is 12.1 Å². The van der Waals surface area contributed by atoms with E-state index < -0.39 is 6.10 Å². The monoisotopic (exact) mass is 252 g/mol. The van der Waals surface area contributed by atoms with E-state index in [1.165, 1.54) is 12.1 Å². The van der Waals surface area contributed by atoms with Crippen molar-refractivity contribution in [1.82, 2.24) is 10.6 Å². The van der Waals surface area contributed by atoms with Crippen molar-refractivity contribution >= 4 is 5.91 Å². The van der Waals surface area contributed by atoms with Gasteiger partial charge in [-0.15, -0.1) is 0 Å². The van der Waals surface area contributed by atoms with Gasteiger partial charge >= 0.3 is 0 Å². The lowest BCUT2D eigenvalue weighted by Crippen LogP contribution is -2.46. The number of aliphatic hydroxyl groups is 1. The Labute approximate surface area is 105 Å². The van der Waals surface area contributed by atoms with E-state index in [2.05, 4.69) is 10.6 Å². The smallest absolute Gasteiger partial charge is 0.220 e. The second-order valence-corrected chi connectivity index (χ2v) is 4.52. The summed E-state index contributed by atoms with van der Waals surface area (Å²) in [6, 6.07) is 6.12. The number of rotatable bonds is 4. The predicted molar refractivity (Wildman–Crippen MR) is 65.4 cm³/mol. The largest absolute Gasteiger partial charge is 0.387 e. The molecule has 2 atom stereocenters. The Bertz CT molecular complexity index is 415. The van der Waals surface area contributed by atoms with E-state index in [1.807, 2.05) is 0 Å². The van der Waals surface area contributed by atoms with E-state index in [-0.39, 0.29) is 17.8 Å². The number of hydrogen-bond acceptors (Lipinski definition) is 3. The van der Waals surface area contributed by atoms with Crippen molar-refractivity contribution in [3.8, 4) is 0 Å². The SMILES string of the molecule is O=C1CCC(NCC(O)c2cccc(F)c2)CN1. The number of carbonyl (C=O) groups excluding carboxylic acids is 1. The molecule has 0 radical (unpaired) electrons. The molecule has 1 aromatic carbocycles. The molecule has 18 heavy (non-hydrogen) atoms. The molecule has 0 saturated carbocycles. The summed E-state index contributed by atoms with van der Waals surface area (Å²) >= 11 is 0. The van der Waals surface area contributed by atoms with Crippen molar-refractivity contribution in [2.45, 2.75) is 25.0 Å². The van der Waals surface area contributed by atoms with Crippen LogP contribution in [-0.4, -0.2) is 30.1 Å². The highest BCUT2D eigenvalue weighted by Gasteiger charge is 2.18. The third-order valence-corrected chi connectivity index (χ3v) is 3.10. The van der Waals surface area contributed by atoms with Crippen LogP contribution in [0.5, 0.6) is 0 Å². The Morgan fingerprint density at radius 3 is 3.06 bits per heavy atom. The molecule has 2 rings (SSSR count). The lowest BCUT2D eigenvalue weighted by atomic mass is 10.1. The summed E-state index contributed by atoms with van der Waals surface area (Å²) in [6.45, 7) is 0.929. The van der Waals surface area contributed by atoms with Gasteiger partial charge in [0.15, 0.2) is 0 Å². The fraction of sp³-hybridized carbons (Fsp3) is 0.462. The molecule has 98 valence electrons. The van der Waals surface area contributed by atoms with Gasteiger partial charge in [0.2, 0.25) is 5.91 Å². The first-order chi connectivity index (χ1) is 8.65. The number of piperidine rings is 1. The molecule has 1 aromatic rings. The summed E-state index contributed by atoms with van der Waals surface area (Å²) in [6.07, 6.45) is 0.536. The molecule has 1 aliphatic rings. The average Bonchev–Trinajstić information content (AvgIpc) is 2.38. The van der Waals surface area contributed by atoms with Gasteiger partial charge in [0, 0.05) is 25.6 Å². The van der Waals surface area contributed by atoms with Crippen LogP contribution in [0.3, 0.4) is 0 Å². The number of amides is 1. The zero-order chi connectivity index (χ0) is 13.0. The van der Waals surface area contributed by atoms with Gasteiger partial charge in [-0.2, -0.15) is 0 Å². The standard InChI is InChI=1S/C13H17FN2O2/c14-10-3-1-2-9(6-10)12(17)8-15-11-4-5-13(18)16-7-11/h1-3,6,11-12,15,17H,4-5,7-8H2,(H,16,18). The third-order valence-electron chi connectivity index (χ3n) is 3.10. The molecule has 1 fully saturated rings. The van der Waals surface area contributed by atoms with Crippen LogP contribution in [0.25, 0.3) is 0 Å². The molecule has 1 amide bonds. The van der Waals surface area contributed by atoms with Crippen molar-refractivity contribution < 1.29 is 14.3 Å². The summed E-state index contributed by atoms with van der Waals surface area (Å²) in [5.74, 6) is -0.282. The maximum atomic E-state index is 13.0. The molecule has 1 saturated heterocycles. The maximum absolute atomic E-state index is 13.0. The minimum absolute atomic E-state index is 0.0683. The Hall–Kier alpha value is -1.46. The summed E-state index contributed by atoms with van der Waals surface area (Å²) in [4.78, 5) is 11.0. The molecule has 0 aromatic heterocycles. The van der Waals surface area contributed by atoms with Gasteiger partial charge in [0.1, 0.15) is 5.82 Å². The average molecular weight is 252 g/mol. The van der Waals surface area contributed by atoms with Crippen LogP contribution in [0.1, 0.15) is 24.5 Å².